The van der Waals surface area contributed by atoms with Gasteiger partial charge in [0.15, 0.2) is 0 Å². The Hall–Kier alpha value is -2.14. The fourth-order valence-corrected chi connectivity index (χ4v) is 3.42. The van der Waals surface area contributed by atoms with Crippen molar-refractivity contribution in [2.75, 3.05) is 5.32 Å². The Morgan fingerprint density at radius 3 is 2.67 bits per heavy atom. The van der Waals surface area contributed by atoms with Crippen LogP contribution in [0.25, 0.3) is 5.69 Å². The summed E-state index contributed by atoms with van der Waals surface area (Å²) in [5.41, 5.74) is 2.18. The van der Waals surface area contributed by atoms with Crippen LogP contribution in [0, 0.1) is 5.92 Å². The molecule has 106 valence electrons. The molecule has 0 saturated heterocycles. The summed E-state index contributed by atoms with van der Waals surface area (Å²) in [6, 6.07) is 13.2. The van der Waals surface area contributed by atoms with Gasteiger partial charge in [-0.15, -0.1) is 11.3 Å². The molecular weight excluding hydrogens is 280 g/mol. The Kier molecular flexibility index (Phi) is 3.20. The minimum absolute atomic E-state index is 0.447. The number of hydrogen-bond acceptors (Lipinski definition) is 4. The highest BCUT2D eigenvalue weighted by atomic mass is 32.1. The molecule has 4 rings (SSSR count). The molecule has 3 aromatic rings. The minimum atomic E-state index is 0.447. The summed E-state index contributed by atoms with van der Waals surface area (Å²) in [5, 5.41) is 9.98. The van der Waals surface area contributed by atoms with E-state index in [1.54, 1.807) is 17.3 Å². The standard InChI is InChI=1S/C16H16N4S/c1-2-15(21-9-1)16(12-3-4-12)19-13-5-7-14(8-6-13)20-11-17-10-18-20/h1-2,5-12,16,19H,3-4H2. The molecule has 1 atom stereocenters. The summed E-state index contributed by atoms with van der Waals surface area (Å²) >= 11 is 1.83. The Labute approximate surface area is 127 Å². The molecule has 1 aliphatic carbocycles. The Morgan fingerprint density at radius 2 is 2.05 bits per heavy atom. The Bertz CT molecular complexity index is 684. The van der Waals surface area contributed by atoms with E-state index in [0.717, 1.165) is 17.3 Å². The lowest BCUT2D eigenvalue weighted by Gasteiger charge is -2.18. The molecule has 1 unspecified atom stereocenters. The maximum Gasteiger partial charge on any atom is 0.138 e. The first-order chi connectivity index (χ1) is 10.4. The van der Waals surface area contributed by atoms with E-state index < -0.39 is 0 Å². The normalized spacial score (nSPS) is 15.8. The van der Waals surface area contributed by atoms with Crippen LogP contribution < -0.4 is 5.32 Å². The van der Waals surface area contributed by atoms with Gasteiger partial charge in [-0.25, -0.2) is 9.67 Å². The van der Waals surface area contributed by atoms with Gasteiger partial charge in [0.25, 0.3) is 0 Å². The molecular formula is C16H16N4S. The lowest BCUT2D eigenvalue weighted by molar-refractivity contribution is 0.691. The highest BCUT2D eigenvalue weighted by Gasteiger charge is 2.32. The Morgan fingerprint density at radius 1 is 1.19 bits per heavy atom. The number of rotatable bonds is 5. The van der Waals surface area contributed by atoms with E-state index in [1.807, 2.05) is 11.3 Å². The zero-order valence-corrected chi connectivity index (χ0v) is 12.3. The third-order valence-electron chi connectivity index (χ3n) is 3.82. The zero-order valence-electron chi connectivity index (χ0n) is 11.5. The van der Waals surface area contributed by atoms with E-state index in [1.165, 1.54) is 17.7 Å². The summed E-state index contributed by atoms with van der Waals surface area (Å²) < 4.78 is 1.77. The van der Waals surface area contributed by atoms with E-state index >= 15 is 0 Å². The quantitative estimate of drug-likeness (QED) is 0.776. The van der Waals surface area contributed by atoms with Crippen LogP contribution in [0.3, 0.4) is 0 Å². The monoisotopic (exact) mass is 296 g/mol. The predicted molar refractivity (Wildman–Crippen MR) is 84.8 cm³/mol. The van der Waals surface area contributed by atoms with E-state index in [4.69, 9.17) is 0 Å². The average molecular weight is 296 g/mol. The molecule has 1 aliphatic rings. The number of aromatic nitrogens is 3. The molecule has 0 amide bonds. The number of thiophene rings is 1. The van der Waals surface area contributed by atoms with Gasteiger partial charge in [0.05, 0.1) is 11.7 Å². The highest BCUT2D eigenvalue weighted by Crippen LogP contribution is 2.44. The van der Waals surface area contributed by atoms with Crippen molar-refractivity contribution in [3.8, 4) is 5.69 Å². The molecule has 0 aliphatic heterocycles. The summed E-state index contributed by atoms with van der Waals surface area (Å²) in [5.74, 6) is 0.777. The summed E-state index contributed by atoms with van der Waals surface area (Å²) in [6.45, 7) is 0. The van der Waals surface area contributed by atoms with Crippen molar-refractivity contribution in [3.63, 3.8) is 0 Å². The summed E-state index contributed by atoms with van der Waals surface area (Å²) in [6.07, 6.45) is 5.91. The van der Waals surface area contributed by atoms with Gasteiger partial charge in [0, 0.05) is 10.6 Å². The minimum Gasteiger partial charge on any atom is -0.377 e. The number of nitrogens with one attached hydrogen (secondary N) is 1. The lowest BCUT2D eigenvalue weighted by atomic mass is 10.1. The van der Waals surface area contributed by atoms with Crippen molar-refractivity contribution in [3.05, 3.63) is 59.3 Å². The molecule has 1 fully saturated rings. The van der Waals surface area contributed by atoms with Crippen molar-refractivity contribution < 1.29 is 0 Å². The molecule has 0 radical (unpaired) electrons. The van der Waals surface area contributed by atoms with Gasteiger partial charge in [0.1, 0.15) is 12.7 Å². The molecule has 1 aromatic carbocycles. The van der Waals surface area contributed by atoms with Crippen molar-refractivity contribution in [1.29, 1.82) is 0 Å². The number of benzene rings is 1. The zero-order chi connectivity index (χ0) is 14.1. The predicted octanol–water partition coefficient (Wildman–Crippen LogP) is 3.89. The van der Waals surface area contributed by atoms with Crippen LogP contribution in [-0.4, -0.2) is 14.8 Å². The van der Waals surface area contributed by atoms with Crippen molar-refractivity contribution in [2.24, 2.45) is 5.92 Å². The molecule has 1 N–H and O–H groups in total. The topological polar surface area (TPSA) is 42.7 Å². The van der Waals surface area contributed by atoms with E-state index in [2.05, 4.69) is 57.2 Å². The maximum atomic E-state index is 4.14. The van der Waals surface area contributed by atoms with Crippen LogP contribution in [-0.2, 0) is 0 Å². The summed E-state index contributed by atoms with van der Waals surface area (Å²) in [4.78, 5) is 5.40. The molecule has 21 heavy (non-hydrogen) atoms. The van der Waals surface area contributed by atoms with Crippen molar-refractivity contribution in [2.45, 2.75) is 18.9 Å². The van der Waals surface area contributed by atoms with Gasteiger partial charge >= 0.3 is 0 Å². The molecule has 4 nitrogen and oxygen atoms in total. The largest absolute Gasteiger partial charge is 0.377 e. The second-order valence-corrected chi connectivity index (χ2v) is 6.34. The highest BCUT2D eigenvalue weighted by molar-refractivity contribution is 7.10. The van der Waals surface area contributed by atoms with Gasteiger partial charge in [-0.2, -0.15) is 5.10 Å². The van der Waals surface area contributed by atoms with Crippen LogP contribution in [0.2, 0.25) is 0 Å². The molecule has 2 aromatic heterocycles. The van der Waals surface area contributed by atoms with Gasteiger partial charge in [-0.1, -0.05) is 6.07 Å². The summed E-state index contributed by atoms with van der Waals surface area (Å²) in [7, 11) is 0. The van der Waals surface area contributed by atoms with Gasteiger partial charge < -0.3 is 5.32 Å². The second-order valence-electron chi connectivity index (χ2n) is 5.36. The van der Waals surface area contributed by atoms with Crippen LogP contribution >= 0.6 is 11.3 Å². The van der Waals surface area contributed by atoms with Crippen LogP contribution in [0.4, 0.5) is 5.69 Å². The first kappa shape index (κ1) is 12.6. The fourth-order valence-electron chi connectivity index (χ4n) is 2.55. The first-order valence-corrected chi connectivity index (χ1v) is 8.03. The van der Waals surface area contributed by atoms with E-state index in [-0.39, 0.29) is 0 Å². The number of hydrogen-bond donors (Lipinski definition) is 1. The first-order valence-electron chi connectivity index (χ1n) is 7.15. The second kappa shape index (κ2) is 5.33. The molecule has 1 saturated carbocycles. The Balaban J connectivity index is 1.53. The van der Waals surface area contributed by atoms with Gasteiger partial charge in [-0.3, -0.25) is 0 Å². The van der Waals surface area contributed by atoms with Crippen molar-refractivity contribution in [1.82, 2.24) is 14.8 Å². The fraction of sp³-hybridized carbons (Fsp3) is 0.250. The number of nitrogens with zero attached hydrogens (tertiary/aromatic N) is 3. The van der Waals surface area contributed by atoms with Crippen LogP contribution in [0.5, 0.6) is 0 Å². The third-order valence-corrected chi connectivity index (χ3v) is 4.77. The molecule has 5 heteroatoms. The van der Waals surface area contributed by atoms with Crippen LogP contribution in [0.1, 0.15) is 23.8 Å². The van der Waals surface area contributed by atoms with Crippen LogP contribution in [0.15, 0.2) is 54.4 Å². The SMILES string of the molecule is c1csc(C(Nc2ccc(-n3cncn3)cc2)C2CC2)c1. The lowest BCUT2D eigenvalue weighted by Crippen LogP contribution is -2.11. The third kappa shape index (κ3) is 2.69. The smallest absolute Gasteiger partial charge is 0.138 e. The van der Waals surface area contributed by atoms with E-state index in [9.17, 15) is 0 Å². The van der Waals surface area contributed by atoms with Gasteiger partial charge in [-0.05, 0) is 54.5 Å². The van der Waals surface area contributed by atoms with Crippen molar-refractivity contribution >= 4 is 17.0 Å². The molecule has 0 spiro atoms. The number of anilines is 1. The molecule has 0 bridgehead atoms. The molecule has 2 heterocycles. The van der Waals surface area contributed by atoms with E-state index in [0.29, 0.717) is 6.04 Å². The average Bonchev–Trinajstić information content (AvgIpc) is 3.01. The van der Waals surface area contributed by atoms with Gasteiger partial charge in [0.2, 0.25) is 0 Å². The maximum absolute atomic E-state index is 4.14.